The topological polar surface area (TPSA) is 72.7 Å². The van der Waals surface area contributed by atoms with Crippen LogP contribution in [0.2, 0.25) is 0 Å². The Balaban J connectivity index is 1.64. The number of nitrogens with zero attached hydrogens (tertiary/aromatic N) is 4. The molecule has 0 aliphatic rings. The molecule has 0 aliphatic heterocycles. The molecule has 1 aromatic heterocycles. The molecule has 3 rings (SSSR count). The molecule has 1 amide bonds. The Kier molecular flexibility index (Phi) is 5.08. The predicted molar refractivity (Wildman–Crippen MR) is 94.4 cm³/mol. The summed E-state index contributed by atoms with van der Waals surface area (Å²) in [5, 5.41) is 14.7. The number of tetrazole rings is 1. The van der Waals surface area contributed by atoms with Crippen molar-refractivity contribution in [3.8, 4) is 5.69 Å². The van der Waals surface area contributed by atoms with Crippen molar-refractivity contribution in [2.24, 2.45) is 0 Å². The molecule has 8 heteroatoms. The minimum absolute atomic E-state index is 0.151. The van der Waals surface area contributed by atoms with Crippen LogP contribution in [0.3, 0.4) is 0 Å². The summed E-state index contributed by atoms with van der Waals surface area (Å²) in [6.07, 6.45) is 0. The summed E-state index contributed by atoms with van der Waals surface area (Å²) < 4.78 is 14.5. The minimum Gasteiger partial charge on any atom is -0.325 e. The fourth-order valence-electron chi connectivity index (χ4n) is 2.16. The van der Waals surface area contributed by atoms with Gasteiger partial charge in [0, 0.05) is 5.69 Å². The van der Waals surface area contributed by atoms with Crippen LogP contribution in [0, 0.1) is 19.7 Å². The van der Waals surface area contributed by atoms with Gasteiger partial charge in [0.05, 0.1) is 11.4 Å². The van der Waals surface area contributed by atoms with Crippen LogP contribution in [0.5, 0.6) is 0 Å². The van der Waals surface area contributed by atoms with Gasteiger partial charge in [-0.15, -0.1) is 5.10 Å². The number of anilines is 1. The van der Waals surface area contributed by atoms with E-state index in [2.05, 4.69) is 20.8 Å². The number of amides is 1. The normalized spacial score (nSPS) is 10.7. The summed E-state index contributed by atoms with van der Waals surface area (Å²) in [6.45, 7) is 4.02. The zero-order chi connectivity index (χ0) is 17.8. The van der Waals surface area contributed by atoms with Crippen LogP contribution >= 0.6 is 11.8 Å². The number of thioether (sulfide) groups is 1. The molecule has 0 bridgehead atoms. The first-order valence-electron chi connectivity index (χ1n) is 7.57. The number of aryl methyl sites for hydroxylation is 2. The van der Waals surface area contributed by atoms with Crippen molar-refractivity contribution in [3.63, 3.8) is 0 Å². The maximum Gasteiger partial charge on any atom is 0.234 e. The fourth-order valence-corrected chi connectivity index (χ4v) is 2.85. The van der Waals surface area contributed by atoms with E-state index < -0.39 is 0 Å². The smallest absolute Gasteiger partial charge is 0.234 e. The SMILES string of the molecule is Cc1ccc(NC(=O)CSc2nnnn2-c2ccc(F)cc2)cc1C. The second-order valence-corrected chi connectivity index (χ2v) is 6.43. The number of hydrogen-bond acceptors (Lipinski definition) is 5. The van der Waals surface area contributed by atoms with E-state index in [1.54, 1.807) is 12.1 Å². The van der Waals surface area contributed by atoms with Crippen LogP contribution in [0.25, 0.3) is 5.69 Å². The van der Waals surface area contributed by atoms with Gasteiger partial charge in [-0.05, 0) is 71.8 Å². The van der Waals surface area contributed by atoms with E-state index in [4.69, 9.17) is 0 Å². The van der Waals surface area contributed by atoms with E-state index in [1.807, 2.05) is 32.0 Å². The highest BCUT2D eigenvalue weighted by atomic mass is 32.2. The molecule has 0 radical (unpaired) electrons. The van der Waals surface area contributed by atoms with Crippen LogP contribution in [0.1, 0.15) is 11.1 Å². The first kappa shape index (κ1) is 17.1. The number of aromatic nitrogens is 4. The minimum atomic E-state index is -0.334. The van der Waals surface area contributed by atoms with Gasteiger partial charge < -0.3 is 5.32 Å². The highest BCUT2D eigenvalue weighted by molar-refractivity contribution is 7.99. The van der Waals surface area contributed by atoms with Gasteiger partial charge in [0.15, 0.2) is 0 Å². The van der Waals surface area contributed by atoms with Crippen molar-refractivity contribution in [2.45, 2.75) is 19.0 Å². The monoisotopic (exact) mass is 357 g/mol. The number of hydrogen-bond donors (Lipinski definition) is 1. The van der Waals surface area contributed by atoms with E-state index in [-0.39, 0.29) is 17.5 Å². The van der Waals surface area contributed by atoms with Gasteiger partial charge >= 0.3 is 0 Å². The Morgan fingerprint density at radius 1 is 1.16 bits per heavy atom. The summed E-state index contributed by atoms with van der Waals surface area (Å²) in [7, 11) is 0. The number of rotatable bonds is 5. The Morgan fingerprint density at radius 2 is 1.92 bits per heavy atom. The zero-order valence-electron chi connectivity index (χ0n) is 13.7. The summed E-state index contributed by atoms with van der Waals surface area (Å²) in [4.78, 5) is 12.1. The quantitative estimate of drug-likeness (QED) is 0.710. The molecule has 0 saturated carbocycles. The Labute approximate surface area is 148 Å². The van der Waals surface area contributed by atoms with Crippen molar-refractivity contribution in [1.82, 2.24) is 20.2 Å². The first-order valence-corrected chi connectivity index (χ1v) is 8.56. The molecule has 0 unspecified atom stereocenters. The molecule has 6 nitrogen and oxygen atoms in total. The van der Waals surface area contributed by atoms with Crippen molar-refractivity contribution in [2.75, 3.05) is 11.1 Å². The van der Waals surface area contributed by atoms with Crippen LogP contribution in [0.15, 0.2) is 47.6 Å². The summed E-state index contributed by atoms with van der Waals surface area (Å²) in [6, 6.07) is 11.6. The van der Waals surface area contributed by atoms with Crippen LogP contribution in [-0.4, -0.2) is 31.9 Å². The Bertz CT molecular complexity index is 894. The molecular formula is C17H16FN5OS. The third kappa shape index (κ3) is 4.21. The molecule has 0 saturated heterocycles. The van der Waals surface area contributed by atoms with E-state index in [1.165, 1.54) is 34.1 Å². The third-order valence-electron chi connectivity index (χ3n) is 3.64. The van der Waals surface area contributed by atoms with Crippen molar-refractivity contribution >= 4 is 23.4 Å². The molecule has 2 aromatic carbocycles. The average molecular weight is 357 g/mol. The fraction of sp³-hybridized carbons (Fsp3) is 0.176. The van der Waals surface area contributed by atoms with E-state index in [0.717, 1.165) is 11.3 Å². The molecular weight excluding hydrogens is 341 g/mol. The molecule has 0 fully saturated rings. The zero-order valence-corrected chi connectivity index (χ0v) is 14.5. The maximum absolute atomic E-state index is 13.0. The second-order valence-electron chi connectivity index (χ2n) is 5.49. The van der Waals surface area contributed by atoms with Gasteiger partial charge in [0.25, 0.3) is 0 Å². The molecule has 25 heavy (non-hydrogen) atoms. The number of carbonyl (C=O) groups is 1. The summed E-state index contributed by atoms with van der Waals surface area (Å²) in [5.74, 6) is -0.324. The molecule has 128 valence electrons. The van der Waals surface area contributed by atoms with Crippen LogP contribution < -0.4 is 5.32 Å². The number of benzene rings is 2. The van der Waals surface area contributed by atoms with Gasteiger partial charge in [-0.1, -0.05) is 17.8 Å². The predicted octanol–water partition coefficient (Wildman–Crippen LogP) is 3.15. The molecule has 0 atom stereocenters. The Morgan fingerprint density at radius 3 is 2.64 bits per heavy atom. The lowest BCUT2D eigenvalue weighted by atomic mass is 10.1. The Hall–Kier alpha value is -2.74. The third-order valence-corrected chi connectivity index (χ3v) is 4.55. The number of halogens is 1. The van der Waals surface area contributed by atoms with Crippen molar-refractivity contribution in [3.05, 3.63) is 59.4 Å². The van der Waals surface area contributed by atoms with E-state index >= 15 is 0 Å². The highest BCUT2D eigenvalue weighted by Gasteiger charge is 2.12. The van der Waals surface area contributed by atoms with E-state index in [0.29, 0.717) is 10.8 Å². The number of carbonyl (C=O) groups excluding carboxylic acids is 1. The van der Waals surface area contributed by atoms with E-state index in [9.17, 15) is 9.18 Å². The van der Waals surface area contributed by atoms with Crippen LogP contribution in [-0.2, 0) is 4.79 Å². The average Bonchev–Trinajstić information content (AvgIpc) is 3.06. The van der Waals surface area contributed by atoms with Gasteiger partial charge in [-0.2, -0.15) is 4.68 Å². The molecule has 1 heterocycles. The molecule has 0 aliphatic carbocycles. The van der Waals surface area contributed by atoms with Gasteiger partial charge in [-0.25, -0.2) is 4.39 Å². The lowest BCUT2D eigenvalue weighted by Crippen LogP contribution is -2.14. The van der Waals surface area contributed by atoms with Gasteiger partial charge in [0.2, 0.25) is 11.1 Å². The largest absolute Gasteiger partial charge is 0.325 e. The van der Waals surface area contributed by atoms with Crippen molar-refractivity contribution in [1.29, 1.82) is 0 Å². The van der Waals surface area contributed by atoms with Crippen molar-refractivity contribution < 1.29 is 9.18 Å². The standard InChI is InChI=1S/C17H16FN5OS/c1-11-3-6-14(9-12(11)2)19-16(24)10-25-17-20-21-22-23(17)15-7-4-13(18)5-8-15/h3-9H,10H2,1-2H3,(H,19,24). The highest BCUT2D eigenvalue weighted by Crippen LogP contribution is 2.19. The lowest BCUT2D eigenvalue weighted by Gasteiger charge is -2.08. The van der Waals surface area contributed by atoms with Gasteiger partial charge in [0.1, 0.15) is 5.82 Å². The van der Waals surface area contributed by atoms with Crippen LogP contribution in [0.4, 0.5) is 10.1 Å². The lowest BCUT2D eigenvalue weighted by molar-refractivity contribution is -0.113. The number of nitrogens with one attached hydrogen (secondary N) is 1. The molecule has 3 aromatic rings. The summed E-state index contributed by atoms with van der Waals surface area (Å²) in [5.41, 5.74) is 3.67. The summed E-state index contributed by atoms with van der Waals surface area (Å²) >= 11 is 1.21. The van der Waals surface area contributed by atoms with Gasteiger partial charge in [-0.3, -0.25) is 4.79 Å². The maximum atomic E-state index is 13.0. The molecule has 0 spiro atoms. The second kappa shape index (κ2) is 7.43. The first-order chi connectivity index (χ1) is 12.0. The molecule has 1 N–H and O–H groups in total.